The first-order valence-corrected chi connectivity index (χ1v) is 10.6. The topological polar surface area (TPSA) is 108 Å². The Morgan fingerprint density at radius 3 is 2.81 bits per heavy atom. The van der Waals surface area contributed by atoms with Gasteiger partial charge in [-0.15, -0.1) is 0 Å². The fraction of sp³-hybridized carbons (Fsp3) is 0.318. The molecule has 0 bridgehead atoms. The molecular formula is C22H19FN6OS. The number of fused-ring (bicyclic) bond motifs is 4. The summed E-state index contributed by atoms with van der Waals surface area (Å²) in [5.74, 6) is -0.534. The van der Waals surface area contributed by atoms with Crippen LogP contribution in [-0.4, -0.2) is 44.8 Å². The Morgan fingerprint density at radius 1 is 1.39 bits per heavy atom. The van der Waals surface area contributed by atoms with E-state index in [0.717, 1.165) is 24.0 Å². The summed E-state index contributed by atoms with van der Waals surface area (Å²) in [6.07, 6.45) is 5.39. The van der Waals surface area contributed by atoms with Crippen LogP contribution in [0.1, 0.15) is 34.5 Å². The summed E-state index contributed by atoms with van der Waals surface area (Å²) >= 11 is 1.37. The molecule has 31 heavy (non-hydrogen) atoms. The molecular weight excluding hydrogens is 415 g/mol. The Labute approximate surface area is 182 Å². The molecule has 1 aliphatic heterocycles. The number of thioether (sulfide) groups is 1. The van der Waals surface area contributed by atoms with Crippen LogP contribution < -0.4 is 5.73 Å². The van der Waals surface area contributed by atoms with Crippen LogP contribution in [-0.2, 0) is 16.8 Å². The van der Waals surface area contributed by atoms with Crippen LogP contribution in [0.5, 0.6) is 0 Å². The van der Waals surface area contributed by atoms with Crippen LogP contribution >= 0.6 is 11.8 Å². The molecule has 3 atom stereocenters. The first-order valence-electron chi connectivity index (χ1n) is 9.78. The number of aliphatic imine (C=N–C) groups is 1. The molecule has 1 saturated carbocycles. The fourth-order valence-corrected chi connectivity index (χ4v) is 6.14. The lowest BCUT2D eigenvalue weighted by Crippen LogP contribution is -2.49. The van der Waals surface area contributed by atoms with Crippen LogP contribution in [0.25, 0.3) is 11.9 Å². The summed E-state index contributed by atoms with van der Waals surface area (Å²) in [6, 6.07) is 7.62. The molecule has 2 aliphatic carbocycles. The first kappa shape index (κ1) is 19.7. The molecule has 0 unspecified atom stereocenters. The highest BCUT2D eigenvalue weighted by Gasteiger charge is 2.73. The maximum Gasteiger partial charge on any atom is 0.239 e. The lowest BCUT2D eigenvalue weighted by Gasteiger charge is -2.45. The molecule has 7 nitrogen and oxygen atoms in total. The summed E-state index contributed by atoms with van der Waals surface area (Å²) in [5, 5.41) is 9.25. The van der Waals surface area contributed by atoms with E-state index in [1.807, 2.05) is 24.3 Å². The van der Waals surface area contributed by atoms with Gasteiger partial charge in [0.15, 0.2) is 16.8 Å². The number of nitrogens with zero attached hydrogens (tertiary/aromatic N) is 5. The fourth-order valence-electron chi connectivity index (χ4n) is 4.70. The van der Waals surface area contributed by atoms with E-state index in [-0.39, 0.29) is 23.2 Å². The van der Waals surface area contributed by atoms with Gasteiger partial charge >= 0.3 is 0 Å². The van der Waals surface area contributed by atoms with E-state index in [1.165, 1.54) is 30.2 Å². The van der Waals surface area contributed by atoms with Gasteiger partial charge < -0.3 is 10.6 Å². The van der Waals surface area contributed by atoms with Crippen molar-refractivity contribution in [2.24, 2.45) is 16.6 Å². The number of nitriles is 1. The Morgan fingerprint density at radius 2 is 2.13 bits per heavy atom. The van der Waals surface area contributed by atoms with Gasteiger partial charge in [0.25, 0.3) is 0 Å². The number of carbonyl (C=O) groups is 1. The van der Waals surface area contributed by atoms with Crippen LogP contribution in [0.3, 0.4) is 0 Å². The van der Waals surface area contributed by atoms with Crippen molar-refractivity contribution in [2.45, 2.75) is 23.1 Å². The molecule has 0 radical (unpaired) electrons. The zero-order valence-corrected chi connectivity index (χ0v) is 17.8. The smallest absolute Gasteiger partial charge is 0.239 e. The summed E-state index contributed by atoms with van der Waals surface area (Å²) in [6.45, 7) is 0. The quantitative estimate of drug-likeness (QED) is 0.795. The minimum Gasteiger partial charge on any atom is -0.378 e. The third-order valence-electron chi connectivity index (χ3n) is 6.20. The molecule has 2 aromatic rings. The van der Waals surface area contributed by atoms with Gasteiger partial charge in [-0.25, -0.2) is 14.4 Å². The van der Waals surface area contributed by atoms with E-state index in [9.17, 15) is 9.18 Å². The van der Waals surface area contributed by atoms with Crippen LogP contribution in [0.2, 0.25) is 0 Å². The highest BCUT2D eigenvalue weighted by molar-refractivity contribution is 8.15. The third kappa shape index (κ3) is 2.86. The van der Waals surface area contributed by atoms with Crippen molar-refractivity contribution in [1.82, 2.24) is 14.9 Å². The summed E-state index contributed by atoms with van der Waals surface area (Å²) in [7, 11) is 3.51. The molecule has 1 amide bonds. The monoisotopic (exact) mass is 434 g/mol. The number of rotatable bonds is 3. The van der Waals surface area contributed by atoms with Gasteiger partial charge in [-0.3, -0.25) is 9.79 Å². The Kier molecular flexibility index (Phi) is 4.21. The van der Waals surface area contributed by atoms with Crippen molar-refractivity contribution < 1.29 is 9.18 Å². The molecule has 9 heteroatoms. The predicted octanol–water partition coefficient (Wildman–Crippen LogP) is 2.48. The molecule has 1 spiro atoms. The lowest BCUT2D eigenvalue weighted by atomic mass is 9.66. The number of hydrogen-bond donors (Lipinski definition) is 1. The molecule has 0 saturated heterocycles. The van der Waals surface area contributed by atoms with E-state index >= 15 is 0 Å². The van der Waals surface area contributed by atoms with Crippen molar-refractivity contribution in [3.8, 4) is 6.07 Å². The molecule has 1 aromatic heterocycles. The predicted molar refractivity (Wildman–Crippen MR) is 116 cm³/mol. The standard InChI is InChI=1S/C22H19FN6OS/c1-29(2)19(30)22-8-17(22)21(28-20(25)31-22)7-14-4-3-12(5-15(14)21)6-16(23)18-26-10-13(9-24)11-27-18/h3-6,10-11,17H,7-8H2,1-2H3,(H2,25,28)/b16-6-/t17-,21+,22-/m0/s1. The summed E-state index contributed by atoms with van der Waals surface area (Å²) in [5.41, 5.74) is 8.69. The summed E-state index contributed by atoms with van der Waals surface area (Å²) < 4.78 is 14.1. The second kappa shape index (κ2) is 6.62. The van der Waals surface area contributed by atoms with Crippen molar-refractivity contribution >= 4 is 34.7 Å². The molecule has 3 aliphatic rings. The van der Waals surface area contributed by atoms with Crippen LogP contribution in [0.15, 0.2) is 35.6 Å². The summed E-state index contributed by atoms with van der Waals surface area (Å²) in [4.78, 5) is 27.1. The zero-order valence-electron chi connectivity index (χ0n) is 17.0. The maximum absolute atomic E-state index is 14.7. The number of aromatic nitrogens is 2. The van der Waals surface area contributed by atoms with Crippen molar-refractivity contribution in [2.75, 3.05) is 14.1 Å². The van der Waals surface area contributed by atoms with E-state index in [1.54, 1.807) is 19.0 Å². The largest absolute Gasteiger partial charge is 0.378 e. The average molecular weight is 435 g/mol. The number of amides is 1. The van der Waals surface area contributed by atoms with Crippen molar-refractivity contribution in [3.05, 3.63) is 58.7 Å². The van der Waals surface area contributed by atoms with Gasteiger partial charge in [-0.05, 0) is 35.3 Å². The van der Waals surface area contributed by atoms with E-state index in [4.69, 9.17) is 16.0 Å². The molecule has 5 rings (SSSR count). The average Bonchev–Trinajstić information content (AvgIpc) is 3.49. The van der Waals surface area contributed by atoms with Gasteiger partial charge in [-0.2, -0.15) is 5.26 Å². The number of nitrogens with two attached hydrogens (primary N) is 1. The number of carbonyl (C=O) groups excluding carboxylic acids is 1. The Hall–Kier alpha value is -3.25. The minimum atomic E-state index is -0.594. The van der Waals surface area contributed by atoms with Crippen LogP contribution in [0.4, 0.5) is 4.39 Å². The van der Waals surface area contributed by atoms with Gasteiger partial charge in [0.05, 0.1) is 11.1 Å². The Bertz CT molecular complexity index is 1220. The zero-order chi connectivity index (χ0) is 22.0. The minimum absolute atomic E-state index is 0.0632. The van der Waals surface area contributed by atoms with Gasteiger partial charge in [0.2, 0.25) is 5.91 Å². The number of hydrogen-bond acceptors (Lipinski definition) is 7. The molecule has 1 aromatic carbocycles. The van der Waals surface area contributed by atoms with Gasteiger partial charge in [0.1, 0.15) is 10.8 Å². The van der Waals surface area contributed by atoms with E-state index in [0.29, 0.717) is 10.7 Å². The second-order valence-electron chi connectivity index (χ2n) is 8.31. The molecule has 2 heterocycles. The first-order chi connectivity index (χ1) is 14.8. The van der Waals surface area contributed by atoms with Crippen molar-refractivity contribution in [1.29, 1.82) is 5.26 Å². The molecule has 156 valence electrons. The lowest BCUT2D eigenvalue weighted by molar-refractivity contribution is -0.129. The highest BCUT2D eigenvalue weighted by Crippen LogP contribution is 2.69. The third-order valence-corrected chi connectivity index (χ3v) is 7.49. The normalized spacial score (nSPS) is 28.0. The van der Waals surface area contributed by atoms with Crippen molar-refractivity contribution in [3.63, 3.8) is 0 Å². The number of amidine groups is 1. The maximum atomic E-state index is 14.7. The number of halogens is 1. The van der Waals surface area contributed by atoms with Gasteiger partial charge in [0, 0.05) is 38.8 Å². The van der Waals surface area contributed by atoms with E-state index in [2.05, 4.69) is 9.97 Å². The van der Waals surface area contributed by atoms with Crippen LogP contribution in [0, 0.1) is 17.2 Å². The van der Waals surface area contributed by atoms with E-state index < -0.39 is 16.1 Å². The Balaban J connectivity index is 1.49. The second-order valence-corrected chi connectivity index (χ2v) is 9.67. The number of benzene rings is 1. The van der Waals surface area contributed by atoms with Gasteiger partial charge in [-0.1, -0.05) is 23.9 Å². The molecule has 1 fully saturated rings. The SMILES string of the molecule is CN(C)C(=O)[C@]12C[C@H]1[C@]1(Cc3ccc(/C=C(\F)c4ncc(C#N)cn4)cc31)N=C(N)S2. The molecule has 2 N–H and O–H groups in total. The highest BCUT2D eigenvalue weighted by atomic mass is 32.2.